The van der Waals surface area contributed by atoms with Gasteiger partial charge < -0.3 is 14.6 Å². The summed E-state index contributed by atoms with van der Waals surface area (Å²) >= 11 is 0. The van der Waals surface area contributed by atoms with E-state index in [9.17, 15) is 0 Å². The molecule has 0 fully saturated rings. The zero-order chi connectivity index (χ0) is 12.8. The predicted molar refractivity (Wildman–Crippen MR) is 75.8 cm³/mol. The lowest BCUT2D eigenvalue weighted by Crippen LogP contribution is -1.86. The molecule has 0 aliphatic heterocycles. The van der Waals surface area contributed by atoms with Crippen LogP contribution in [-0.2, 0) is 0 Å². The molecule has 19 heavy (non-hydrogen) atoms. The molecular weight excluding hydrogens is 238 g/mol. The fraction of sp³-hybridized carbons (Fsp3) is 0. The molecule has 2 heterocycles. The van der Waals surface area contributed by atoms with Gasteiger partial charge in [-0.2, -0.15) is 0 Å². The second kappa shape index (κ2) is 3.65. The first kappa shape index (κ1) is 10.3. The maximum Gasteiger partial charge on any atom is 0.138 e. The highest BCUT2D eigenvalue weighted by atomic mass is 16.3. The Morgan fingerprint density at radius 3 is 2.63 bits per heavy atom. The minimum atomic E-state index is 0.665. The average molecular weight is 249 g/mol. The molecule has 0 aliphatic rings. The summed E-state index contributed by atoms with van der Waals surface area (Å²) < 4.78 is 11.4. The highest BCUT2D eigenvalue weighted by Crippen LogP contribution is 2.38. The van der Waals surface area contributed by atoms with Crippen LogP contribution < -0.4 is 5.73 Å². The van der Waals surface area contributed by atoms with Gasteiger partial charge in [-0.1, -0.05) is 18.2 Å². The molecule has 0 amide bonds. The number of furan rings is 2. The Morgan fingerprint density at radius 1 is 0.895 bits per heavy atom. The smallest absolute Gasteiger partial charge is 0.138 e. The van der Waals surface area contributed by atoms with Crippen molar-refractivity contribution in [1.29, 1.82) is 0 Å². The van der Waals surface area contributed by atoms with Crippen LogP contribution in [0, 0.1) is 0 Å². The molecular formula is C16H11NO2. The van der Waals surface area contributed by atoms with E-state index in [1.165, 1.54) is 0 Å². The van der Waals surface area contributed by atoms with Crippen LogP contribution in [0.1, 0.15) is 0 Å². The Hall–Kier alpha value is -2.68. The summed E-state index contributed by atoms with van der Waals surface area (Å²) in [5, 5.41) is 2.11. The van der Waals surface area contributed by atoms with Crippen molar-refractivity contribution in [3.8, 4) is 11.3 Å². The zero-order valence-corrected chi connectivity index (χ0v) is 10.1. The van der Waals surface area contributed by atoms with Gasteiger partial charge in [-0.3, -0.25) is 0 Å². The first-order valence-electron chi connectivity index (χ1n) is 6.07. The molecule has 3 heteroatoms. The van der Waals surface area contributed by atoms with Crippen LogP contribution in [0.2, 0.25) is 0 Å². The van der Waals surface area contributed by atoms with Crippen LogP contribution in [0.15, 0.2) is 63.6 Å². The van der Waals surface area contributed by atoms with E-state index in [0.717, 1.165) is 33.3 Å². The number of nitrogens with two attached hydrogens (primary N) is 1. The van der Waals surface area contributed by atoms with Gasteiger partial charge in [-0.25, -0.2) is 0 Å². The lowest BCUT2D eigenvalue weighted by atomic mass is 10.0. The van der Waals surface area contributed by atoms with Crippen molar-refractivity contribution >= 4 is 27.6 Å². The average Bonchev–Trinajstić information content (AvgIpc) is 3.04. The van der Waals surface area contributed by atoms with Gasteiger partial charge in [-0.05, 0) is 24.3 Å². The molecule has 0 aliphatic carbocycles. The minimum Gasteiger partial charge on any atom is -0.464 e. The van der Waals surface area contributed by atoms with Gasteiger partial charge in [0.1, 0.15) is 16.9 Å². The topological polar surface area (TPSA) is 52.3 Å². The molecule has 0 bridgehead atoms. The van der Waals surface area contributed by atoms with Crippen LogP contribution in [0.5, 0.6) is 0 Å². The third kappa shape index (κ3) is 1.45. The Labute approximate surface area is 109 Å². The molecule has 3 nitrogen and oxygen atoms in total. The number of hydrogen-bond acceptors (Lipinski definition) is 3. The van der Waals surface area contributed by atoms with E-state index >= 15 is 0 Å². The van der Waals surface area contributed by atoms with E-state index in [1.807, 2.05) is 48.5 Å². The van der Waals surface area contributed by atoms with E-state index in [2.05, 4.69) is 0 Å². The van der Waals surface area contributed by atoms with E-state index in [4.69, 9.17) is 14.6 Å². The van der Waals surface area contributed by atoms with E-state index < -0.39 is 0 Å². The Kier molecular flexibility index (Phi) is 1.97. The number of anilines is 1. The third-order valence-corrected chi connectivity index (χ3v) is 3.29. The SMILES string of the molecule is Nc1cc(-c2ccco2)c2c(c1)oc1ccccc12. The van der Waals surface area contributed by atoms with E-state index in [0.29, 0.717) is 5.69 Å². The molecule has 2 aromatic carbocycles. The number of hydrogen-bond donors (Lipinski definition) is 1. The lowest BCUT2D eigenvalue weighted by Gasteiger charge is -2.01. The van der Waals surface area contributed by atoms with Gasteiger partial charge in [-0.15, -0.1) is 0 Å². The predicted octanol–water partition coefficient (Wildman–Crippen LogP) is 4.43. The fourth-order valence-corrected chi connectivity index (χ4v) is 2.50. The van der Waals surface area contributed by atoms with Gasteiger partial charge in [0.15, 0.2) is 0 Å². The minimum absolute atomic E-state index is 0.665. The lowest BCUT2D eigenvalue weighted by molar-refractivity contribution is 0.583. The third-order valence-electron chi connectivity index (χ3n) is 3.29. The molecule has 0 unspecified atom stereocenters. The molecule has 0 radical (unpaired) electrons. The second-order valence-corrected chi connectivity index (χ2v) is 4.52. The highest BCUT2D eigenvalue weighted by molar-refractivity contribution is 6.12. The Balaban J connectivity index is 2.22. The van der Waals surface area contributed by atoms with Crippen LogP contribution in [-0.4, -0.2) is 0 Å². The van der Waals surface area contributed by atoms with Crippen molar-refractivity contribution < 1.29 is 8.83 Å². The number of rotatable bonds is 1. The Bertz CT molecular complexity index is 872. The summed E-state index contributed by atoms with van der Waals surface area (Å²) in [6.07, 6.45) is 1.66. The molecule has 2 aromatic heterocycles. The van der Waals surface area contributed by atoms with Gasteiger partial charge in [0.2, 0.25) is 0 Å². The van der Waals surface area contributed by atoms with Crippen molar-refractivity contribution in [2.75, 3.05) is 5.73 Å². The largest absolute Gasteiger partial charge is 0.464 e. The summed E-state index contributed by atoms with van der Waals surface area (Å²) in [4.78, 5) is 0. The standard InChI is InChI=1S/C16H11NO2/c17-10-8-12(13-6-3-7-18-13)16-11-4-1-2-5-14(11)19-15(16)9-10/h1-9H,17H2. The summed E-state index contributed by atoms with van der Waals surface area (Å²) in [6.45, 7) is 0. The number of benzene rings is 2. The molecule has 0 atom stereocenters. The molecule has 0 saturated heterocycles. The van der Waals surface area contributed by atoms with Crippen molar-refractivity contribution in [1.82, 2.24) is 0 Å². The maximum absolute atomic E-state index is 5.95. The van der Waals surface area contributed by atoms with Gasteiger partial charge in [0.25, 0.3) is 0 Å². The fourth-order valence-electron chi connectivity index (χ4n) is 2.50. The molecule has 2 N–H and O–H groups in total. The molecule has 4 rings (SSSR count). The van der Waals surface area contributed by atoms with E-state index in [1.54, 1.807) is 6.26 Å². The molecule has 0 saturated carbocycles. The number of para-hydroxylation sites is 1. The van der Waals surface area contributed by atoms with Crippen LogP contribution >= 0.6 is 0 Å². The highest BCUT2D eigenvalue weighted by Gasteiger charge is 2.14. The van der Waals surface area contributed by atoms with E-state index in [-0.39, 0.29) is 0 Å². The maximum atomic E-state index is 5.95. The quantitative estimate of drug-likeness (QED) is 0.508. The normalized spacial score (nSPS) is 11.4. The zero-order valence-electron chi connectivity index (χ0n) is 10.1. The first-order chi connectivity index (χ1) is 9.33. The van der Waals surface area contributed by atoms with Gasteiger partial charge >= 0.3 is 0 Å². The van der Waals surface area contributed by atoms with Crippen molar-refractivity contribution in [3.63, 3.8) is 0 Å². The van der Waals surface area contributed by atoms with Gasteiger partial charge in [0, 0.05) is 28.1 Å². The number of fused-ring (bicyclic) bond motifs is 3. The van der Waals surface area contributed by atoms with Crippen LogP contribution in [0.3, 0.4) is 0 Å². The summed E-state index contributed by atoms with van der Waals surface area (Å²) in [6, 6.07) is 15.5. The second-order valence-electron chi connectivity index (χ2n) is 4.52. The molecule has 4 aromatic rings. The van der Waals surface area contributed by atoms with Crippen molar-refractivity contribution in [3.05, 3.63) is 54.8 Å². The Morgan fingerprint density at radius 2 is 1.79 bits per heavy atom. The summed E-state index contributed by atoms with van der Waals surface area (Å²) in [5.74, 6) is 0.795. The van der Waals surface area contributed by atoms with Crippen LogP contribution in [0.25, 0.3) is 33.3 Å². The molecule has 92 valence electrons. The van der Waals surface area contributed by atoms with Crippen molar-refractivity contribution in [2.24, 2.45) is 0 Å². The first-order valence-corrected chi connectivity index (χ1v) is 6.07. The number of nitrogen functional groups attached to an aromatic ring is 1. The molecule has 0 spiro atoms. The van der Waals surface area contributed by atoms with Crippen LogP contribution in [0.4, 0.5) is 5.69 Å². The van der Waals surface area contributed by atoms with Crippen molar-refractivity contribution in [2.45, 2.75) is 0 Å². The summed E-state index contributed by atoms with van der Waals surface area (Å²) in [7, 11) is 0. The van der Waals surface area contributed by atoms with Gasteiger partial charge in [0.05, 0.1) is 6.26 Å². The monoisotopic (exact) mass is 249 g/mol. The summed E-state index contributed by atoms with van der Waals surface area (Å²) in [5.41, 5.74) is 9.22.